The van der Waals surface area contributed by atoms with Crippen molar-refractivity contribution in [3.05, 3.63) is 0 Å². The van der Waals surface area contributed by atoms with E-state index in [1.54, 1.807) is 0 Å². The second-order valence-corrected chi connectivity index (χ2v) is 5.72. The van der Waals surface area contributed by atoms with Crippen molar-refractivity contribution < 1.29 is 9.53 Å². The highest BCUT2D eigenvalue weighted by Crippen LogP contribution is 2.21. The molecule has 2 atom stereocenters. The van der Waals surface area contributed by atoms with Crippen LogP contribution in [0.25, 0.3) is 0 Å². The van der Waals surface area contributed by atoms with Gasteiger partial charge in [0.05, 0.1) is 6.10 Å². The van der Waals surface area contributed by atoms with Gasteiger partial charge in [0.25, 0.3) is 5.91 Å². The fourth-order valence-corrected chi connectivity index (χ4v) is 2.97. The van der Waals surface area contributed by atoms with E-state index in [1.165, 1.54) is 25.7 Å². The Morgan fingerprint density at radius 2 is 1.84 bits per heavy atom. The van der Waals surface area contributed by atoms with Gasteiger partial charge in [-0.2, -0.15) is 0 Å². The van der Waals surface area contributed by atoms with E-state index in [4.69, 9.17) is 10.5 Å². The number of carbonyl (C=O) groups excluding carboxylic acids is 1. The van der Waals surface area contributed by atoms with Crippen molar-refractivity contribution in [3.8, 4) is 0 Å². The van der Waals surface area contributed by atoms with Crippen LogP contribution in [-0.2, 0) is 9.53 Å². The zero-order valence-corrected chi connectivity index (χ0v) is 12.7. The standard InChI is InChI=1S/C14H26N2O2.ClH/c1-11(14(17)16-9-8-12(15)10-16)18-13-6-4-2-3-5-7-13;/h11-13H,2-10,15H2,1H3;1H/t11?,12-;/m1./s1. The zero-order chi connectivity index (χ0) is 13.0. The zero-order valence-electron chi connectivity index (χ0n) is 11.8. The number of nitrogens with zero attached hydrogens (tertiary/aromatic N) is 1. The number of likely N-dealkylation sites (tertiary alicyclic amines) is 1. The van der Waals surface area contributed by atoms with Gasteiger partial charge in [-0.15, -0.1) is 12.4 Å². The lowest BCUT2D eigenvalue weighted by atomic mass is 10.1. The minimum Gasteiger partial charge on any atom is -0.365 e. The lowest BCUT2D eigenvalue weighted by molar-refractivity contribution is -0.145. The van der Waals surface area contributed by atoms with Crippen LogP contribution in [-0.4, -0.2) is 42.1 Å². The third-order valence-electron chi connectivity index (χ3n) is 4.08. The molecule has 1 aliphatic carbocycles. The molecule has 1 amide bonds. The maximum atomic E-state index is 12.2. The molecule has 1 unspecified atom stereocenters. The van der Waals surface area contributed by atoms with Gasteiger partial charge < -0.3 is 15.4 Å². The number of ether oxygens (including phenoxy) is 1. The van der Waals surface area contributed by atoms with Gasteiger partial charge in [-0.25, -0.2) is 0 Å². The summed E-state index contributed by atoms with van der Waals surface area (Å²) in [5.74, 6) is 0.118. The lowest BCUT2D eigenvalue weighted by Gasteiger charge is -2.24. The molecule has 2 N–H and O–H groups in total. The highest BCUT2D eigenvalue weighted by atomic mass is 35.5. The molecule has 1 saturated heterocycles. The third kappa shape index (κ3) is 4.93. The SMILES string of the molecule is CC(OC1CCCCCC1)C(=O)N1CC[C@@H](N)C1.Cl. The number of halogens is 1. The first-order chi connectivity index (χ1) is 8.66. The summed E-state index contributed by atoms with van der Waals surface area (Å²) in [5.41, 5.74) is 5.83. The van der Waals surface area contributed by atoms with Crippen molar-refractivity contribution in [1.29, 1.82) is 0 Å². The highest BCUT2D eigenvalue weighted by Gasteiger charge is 2.29. The average molecular weight is 291 g/mol. The molecular weight excluding hydrogens is 264 g/mol. The van der Waals surface area contributed by atoms with E-state index in [0.717, 1.165) is 25.8 Å². The monoisotopic (exact) mass is 290 g/mol. The normalized spacial score (nSPS) is 26.6. The Hall–Kier alpha value is -0.320. The summed E-state index contributed by atoms with van der Waals surface area (Å²) >= 11 is 0. The Morgan fingerprint density at radius 1 is 1.21 bits per heavy atom. The summed E-state index contributed by atoms with van der Waals surface area (Å²) in [7, 11) is 0. The molecule has 0 radical (unpaired) electrons. The fraction of sp³-hybridized carbons (Fsp3) is 0.929. The van der Waals surface area contributed by atoms with Gasteiger partial charge in [0.15, 0.2) is 0 Å². The smallest absolute Gasteiger partial charge is 0.251 e. The molecule has 1 heterocycles. The summed E-state index contributed by atoms with van der Waals surface area (Å²) in [5, 5.41) is 0. The molecule has 0 aromatic heterocycles. The van der Waals surface area contributed by atoms with Crippen LogP contribution in [0.4, 0.5) is 0 Å². The number of hydrogen-bond donors (Lipinski definition) is 1. The number of nitrogens with two attached hydrogens (primary N) is 1. The number of rotatable bonds is 3. The Balaban J connectivity index is 0.00000180. The van der Waals surface area contributed by atoms with Gasteiger partial charge in [0.2, 0.25) is 0 Å². The van der Waals surface area contributed by atoms with Crippen LogP contribution in [0, 0.1) is 0 Å². The predicted molar refractivity (Wildman–Crippen MR) is 78.5 cm³/mol. The molecule has 1 saturated carbocycles. The minimum atomic E-state index is -0.307. The summed E-state index contributed by atoms with van der Waals surface area (Å²) in [6.45, 7) is 3.37. The molecule has 19 heavy (non-hydrogen) atoms. The maximum absolute atomic E-state index is 12.2. The topological polar surface area (TPSA) is 55.6 Å². The Labute approximate surface area is 122 Å². The summed E-state index contributed by atoms with van der Waals surface area (Å²) in [6, 6.07) is 0.152. The van der Waals surface area contributed by atoms with Gasteiger partial charge in [0, 0.05) is 19.1 Å². The van der Waals surface area contributed by atoms with E-state index in [2.05, 4.69) is 0 Å². The quantitative estimate of drug-likeness (QED) is 0.810. The van der Waals surface area contributed by atoms with E-state index in [0.29, 0.717) is 6.54 Å². The van der Waals surface area contributed by atoms with Gasteiger partial charge in [-0.05, 0) is 26.2 Å². The van der Waals surface area contributed by atoms with Crippen molar-refractivity contribution in [3.63, 3.8) is 0 Å². The van der Waals surface area contributed by atoms with Gasteiger partial charge in [0.1, 0.15) is 6.10 Å². The first-order valence-electron chi connectivity index (χ1n) is 7.36. The van der Waals surface area contributed by atoms with Crippen molar-refractivity contribution in [1.82, 2.24) is 4.90 Å². The molecule has 0 aromatic carbocycles. The molecule has 0 spiro atoms. The Morgan fingerprint density at radius 3 is 2.37 bits per heavy atom. The Bertz CT molecular complexity index is 281. The number of carbonyl (C=O) groups is 1. The van der Waals surface area contributed by atoms with Crippen LogP contribution in [0.1, 0.15) is 51.9 Å². The van der Waals surface area contributed by atoms with Crippen LogP contribution in [0.3, 0.4) is 0 Å². The van der Waals surface area contributed by atoms with Crippen LogP contribution in [0.2, 0.25) is 0 Å². The van der Waals surface area contributed by atoms with E-state index in [-0.39, 0.29) is 36.6 Å². The van der Waals surface area contributed by atoms with Crippen molar-refractivity contribution in [2.45, 2.75) is 70.1 Å². The highest BCUT2D eigenvalue weighted by molar-refractivity contribution is 5.85. The van der Waals surface area contributed by atoms with Crippen molar-refractivity contribution >= 4 is 18.3 Å². The van der Waals surface area contributed by atoms with Crippen LogP contribution in [0.15, 0.2) is 0 Å². The summed E-state index contributed by atoms with van der Waals surface area (Å²) < 4.78 is 5.95. The molecular formula is C14H27ClN2O2. The van der Waals surface area contributed by atoms with Gasteiger partial charge >= 0.3 is 0 Å². The number of hydrogen-bond acceptors (Lipinski definition) is 3. The van der Waals surface area contributed by atoms with Crippen LogP contribution in [0.5, 0.6) is 0 Å². The van der Waals surface area contributed by atoms with Crippen LogP contribution >= 0.6 is 12.4 Å². The van der Waals surface area contributed by atoms with E-state index in [1.807, 2.05) is 11.8 Å². The second kappa shape index (κ2) is 8.08. The largest absolute Gasteiger partial charge is 0.365 e. The maximum Gasteiger partial charge on any atom is 0.251 e. The van der Waals surface area contributed by atoms with E-state index < -0.39 is 0 Å². The molecule has 1 aliphatic heterocycles. The average Bonchev–Trinajstić information content (AvgIpc) is 2.62. The lowest BCUT2D eigenvalue weighted by Crippen LogP contribution is -2.40. The predicted octanol–water partition coefficient (Wildman–Crippen LogP) is 2.10. The van der Waals surface area contributed by atoms with Gasteiger partial charge in [-0.3, -0.25) is 4.79 Å². The van der Waals surface area contributed by atoms with Gasteiger partial charge in [-0.1, -0.05) is 25.7 Å². The molecule has 4 nitrogen and oxygen atoms in total. The van der Waals surface area contributed by atoms with Crippen LogP contribution < -0.4 is 5.73 Å². The van der Waals surface area contributed by atoms with E-state index in [9.17, 15) is 4.79 Å². The summed E-state index contributed by atoms with van der Waals surface area (Å²) in [4.78, 5) is 14.0. The Kier molecular flexibility index (Phi) is 7.11. The number of amides is 1. The first-order valence-corrected chi connectivity index (χ1v) is 7.36. The molecule has 2 fully saturated rings. The van der Waals surface area contributed by atoms with Crippen molar-refractivity contribution in [2.24, 2.45) is 5.73 Å². The molecule has 2 aliphatic rings. The summed E-state index contributed by atoms with van der Waals surface area (Å²) in [6.07, 6.45) is 8.20. The minimum absolute atomic E-state index is 0. The molecule has 112 valence electrons. The molecule has 0 bridgehead atoms. The van der Waals surface area contributed by atoms with Crippen molar-refractivity contribution in [2.75, 3.05) is 13.1 Å². The van der Waals surface area contributed by atoms with E-state index >= 15 is 0 Å². The molecule has 0 aromatic rings. The molecule has 2 rings (SSSR count). The molecule has 5 heteroatoms. The first kappa shape index (κ1) is 16.7. The fourth-order valence-electron chi connectivity index (χ4n) is 2.97. The third-order valence-corrected chi connectivity index (χ3v) is 4.08. The second-order valence-electron chi connectivity index (χ2n) is 5.72.